The van der Waals surface area contributed by atoms with Crippen molar-refractivity contribution >= 4 is 6.09 Å². The summed E-state index contributed by atoms with van der Waals surface area (Å²) >= 11 is 0. The SMILES string of the molecule is CC(C)(C)OC(=O)NC[C@]1(F)CC[C@H](N)C1. The monoisotopic (exact) mass is 232 g/mol. The maximum atomic E-state index is 14.0. The normalized spacial score (nSPS) is 30.2. The van der Waals surface area contributed by atoms with Crippen LogP contribution in [0.3, 0.4) is 0 Å². The topological polar surface area (TPSA) is 64.3 Å². The number of amides is 1. The number of carbonyl (C=O) groups is 1. The molecule has 4 nitrogen and oxygen atoms in total. The predicted molar refractivity (Wildman–Crippen MR) is 59.9 cm³/mol. The van der Waals surface area contributed by atoms with E-state index >= 15 is 0 Å². The van der Waals surface area contributed by atoms with Crippen molar-refractivity contribution in [2.45, 2.75) is 57.3 Å². The van der Waals surface area contributed by atoms with E-state index in [0.29, 0.717) is 19.3 Å². The number of rotatable bonds is 2. The maximum Gasteiger partial charge on any atom is 0.407 e. The Balaban J connectivity index is 2.32. The van der Waals surface area contributed by atoms with Crippen molar-refractivity contribution in [3.63, 3.8) is 0 Å². The first-order chi connectivity index (χ1) is 7.20. The third kappa shape index (κ3) is 4.35. The van der Waals surface area contributed by atoms with Gasteiger partial charge in [0.05, 0.1) is 6.54 Å². The molecule has 1 saturated carbocycles. The van der Waals surface area contributed by atoms with Gasteiger partial charge in [0, 0.05) is 6.04 Å². The van der Waals surface area contributed by atoms with Crippen molar-refractivity contribution in [1.29, 1.82) is 0 Å². The van der Waals surface area contributed by atoms with Crippen LogP contribution in [0, 0.1) is 0 Å². The highest BCUT2D eigenvalue weighted by atomic mass is 19.1. The van der Waals surface area contributed by atoms with Crippen molar-refractivity contribution in [3.05, 3.63) is 0 Å². The van der Waals surface area contributed by atoms with Crippen LogP contribution in [0.25, 0.3) is 0 Å². The van der Waals surface area contributed by atoms with Gasteiger partial charge < -0.3 is 15.8 Å². The number of carbonyl (C=O) groups excluding carboxylic acids is 1. The van der Waals surface area contributed by atoms with E-state index in [0.717, 1.165) is 0 Å². The van der Waals surface area contributed by atoms with E-state index in [4.69, 9.17) is 10.5 Å². The second kappa shape index (κ2) is 4.57. The minimum Gasteiger partial charge on any atom is -0.444 e. The summed E-state index contributed by atoms with van der Waals surface area (Å²) in [4.78, 5) is 11.3. The van der Waals surface area contributed by atoms with Crippen LogP contribution in [0.1, 0.15) is 40.0 Å². The highest BCUT2D eigenvalue weighted by molar-refractivity contribution is 5.67. The van der Waals surface area contributed by atoms with Crippen molar-refractivity contribution < 1.29 is 13.9 Å². The Morgan fingerprint density at radius 1 is 1.62 bits per heavy atom. The van der Waals surface area contributed by atoms with Crippen LogP contribution >= 0.6 is 0 Å². The molecular weight excluding hydrogens is 211 g/mol. The lowest BCUT2D eigenvalue weighted by atomic mass is 10.1. The Morgan fingerprint density at radius 3 is 2.69 bits per heavy atom. The molecule has 0 aromatic rings. The van der Waals surface area contributed by atoms with Crippen LogP contribution in [0.2, 0.25) is 0 Å². The number of alkyl halides is 1. The van der Waals surface area contributed by atoms with E-state index < -0.39 is 17.4 Å². The van der Waals surface area contributed by atoms with E-state index in [2.05, 4.69) is 5.32 Å². The Morgan fingerprint density at radius 2 is 2.25 bits per heavy atom. The highest BCUT2D eigenvalue weighted by Crippen LogP contribution is 2.32. The zero-order chi connectivity index (χ0) is 12.4. The molecule has 0 radical (unpaired) electrons. The molecule has 1 aliphatic carbocycles. The number of hydrogen-bond donors (Lipinski definition) is 2. The third-order valence-electron chi connectivity index (χ3n) is 2.54. The van der Waals surface area contributed by atoms with Gasteiger partial charge in [-0.2, -0.15) is 0 Å². The molecule has 0 heterocycles. The molecule has 5 heteroatoms. The second-order valence-electron chi connectivity index (χ2n) is 5.51. The van der Waals surface area contributed by atoms with Crippen LogP contribution < -0.4 is 11.1 Å². The summed E-state index contributed by atoms with van der Waals surface area (Å²) in [5, 5.41) is 2.45. The van der Waals surface area contributed by atoms with Gasteiger partial charge in [0.15, 0.2) is 0 Å². The molecular formula is C11H21FN2O2. The summed E-state index contributed by atoms with van der Waals surface area (Å²) in [6.45, 7) is 5.28. The predicted octanol–water partition coefficient (Wildman–Crippen LogP) is 1.73. The molecule has 0 unspecified atom stereocenters. The number of nitrogens with two attached hydrogens (primary N) is 1. The first-order valence-electron chi connectivity index (χ1n) is 5.62. The van der Waals surface area contributed by atoms with Gasteiger partial charge in [-0.1, -0.05) is 0 Å². The first kappa shape index (κ1) is 13.2. The lowest BCUT2D eigenvalue weighted by Crippen LogP contribution is -2.41. The summed E-state index contributed by atoms with van der Waals surface area (Å²) in [6.07, 6.45) is 0.809. The minimum absolute atomic E-state index is 0.0182. The van der Waals surface area contributed by atoms with Gasteiger partial charge in [-0.15, -0.1) is 0 Å². The number of halogens is 1. The molecule has 1 aliphatic rings. The van der Waals surface area contributed by atoms with Gasteiger partial charge in [-0.3, -0.25) is 0 Å². The van der Waals surface area contributed by atoms with E-state index in [-0.39, 0.29) is 12.6 Å². The smallest absolute Gasteiger partial charge is 0.407 e. The number of alkyl carbamates (subject to hydrolysis) is 1. The standard InChI is InChI=1S/C11H21FN2O2/c1-10(2,3)16-9(15)14-7-11(12)5-4-8(13)6-11/h8H,4-7,13H2,1-3H3,(H,14,15)/t8-,11-/m0/s1. The fourth-order valence-electron chi connectivity index (χ4n) is 1.82. The molecule has 0 bridgehead atoms. The fourth-order valence-corrected chi connectivity index (χ4v) is 1.82. The maximum absolute atomic E-state index is 14.0. The largest absolute Gasteiger partial charge is 0.444 e. The number of hydrogen-bond acceptors (Lipinski definition) is 3. The summed E-state index contributed by atoms with van der Waals surface area (Å²) in [5.41, 5.74) is 3.71. The van der Waals surface area contributed by atoms with Gasteiger partial charge in [0.25, 0.3) is 0 Å². The molecule has 0 aliphatic heterocycles. The van der Waals surface area contributed by atoms with Gasteiger partial charge in [0.1, 0.15) is 11.3 Å². The Bertz CT molecular complexity index is 265. The molecule has 1 fully saturated rings. The van der Waals surface area contributed by atoms with E-state index in [1.807, 2.05) is 0 Å². The minimum atomic E-state index is -1.36. The van der Waals surface area contributed by atoms with Crippen molar-refractivity contribution in [2.24, 2.45) is 5.73 Å². The van der Waals surface area contributed by atoms with Crippen LogP contribution in [0.4, 0.5) is 9.18 Å². The zero-order valence-corrected chi connectivity index (χ0v) is 10.2. The average molecular weight is 232 g/mol. The van der Waals surface area contributed by atoms with Crippen LogP contribution in [-0.2, 0) is 4.74 Å². The summed E-state index contributed by atoms with van der Waals surface area (Å²) in [5.74, 6) is 0. The second-order valence-corrected chi connectivity index (χ2v) is 5.51. The number of ether oxygens (including phenoxy) is 1. The summed E-state index contributed by atoms with van der Waals surface area (Å²) in [6, 6.07) is -0.0922. The molecule has 0 aromatic heterocycles. The van der Waals surface area contributed by atoms with Gasteiger partial charge in [0.2, 0.25) is 0 Å². The van der Waals surface area contributed by atoms with Crippen molar-refractivity contribution in [3.8, 4) is 0 Å². The van der Waals surface area contributed by atoms with Gasteiger partial charge >= 0.3 is 6.09 Å². The Labute approximate surface area is 95.7 Å². The van der Waals surface area contributed by atoms with Crippen LogP contribution in [0.15, 0.2) is 0 Å². The lowest BCUT2D eigenvalue weighted by molar-refractivity contribution is 0.0478. The molecule has 1 rings (SSSR count). The van der Waals surface area contributed by atoms with E-state index in [9.17, 15) is 9.18 Å². The Hall–Kier alpha value is -0.840. The molecule has 3 N–H and O–H groups in total. The lowest BCUT2D eigenvalue weighted by Gasteiger charge is -2.23. The van der Waals surface area contributed by atoms with Crippen molar-refractivity contribution in [2.75, 3.05) is 6.54 Å². The van der Waals surface area contributed by atoms with Gasteiger partial charge in [-0.05, 0) is 40.0 Å². The van der Waals surface area contributed by atoms with Crippen LogP contribution in [-0.4, -0.2) is 29.9 Å². The molecule has 16 heavy (non-hydrogen) atoms. The molecule has 0 aromatic carbocycles. The number of nitrogens with one attached hydrogen (secondary N) is 1. The molecule has 94 valence electrons. The summed E-state index contributed by atoms with van der Waals surface area (Å²) < 4.78 is 19.0. The molecule has 0 saturated heterocycles. The van der Waals surface area contributed by atoms with E-state index in [1.54, 1.807) is 20.8 Å². The highest BCUT2D eigenvalue weighted by Gasteiger charge is 2.38. The van der Waals surface area contributed by atoms with Gasteiger partial charge in [-0.25, -0.2) is 9.18 Å². The summed E-state index contributed by atoms with van der Waals surface area (Å²) in [7, 11) is 0. The Kier molecular flexibility index (Phi) is 3.78. The molecule has 1 amide bonds. The zero-order valence-electron chi connectivity index (χ0n) is 10.2. The van der Waals surface area contributed by atoms with Crippen molar-refractivity contribution in [1.82, 2.24) is 5.32 Å². The first-order valence-corrected chi connectivity index (χ1v) is 5.62. The average Bonchev–Trinajstić information content (AvgIpc) is 2.41. The third-order valence-corrected chi connectivity index (χ3v) is 2.54. The molecule has 0 spiro atoms. The quantitative estimate of drug-likeness (QED) is 0.762. The van der Waals surface area contributed by atoms with Crippen LogP contribution in [0.5, 0.6) is 0 Å². The van der Waals surface area contributed by atoms with E-state index in [1.165, 1.54) is 0 Å². The molecule has 2 atom stereocenters. The fraction of sp³-hybridized carbons (Fsp3) is 0.909.